The van der Waals surface area contributed by atoms with Gasteiger partial charge in [-0.2, -0.15) is 9.52 Å². The average Bonchev–Trinajstić information content (AvgIpc) is 3.34. The smallest absolute Gasteiger partial charge is 0.252 e. The third-order valence-electron chi connectivity index (χ3n) is 9.30. The minimum Gasteiger partial charge on any atom is -0.379 e. The Labute approximate surface area is 212 Å². The Morgan fingerprint density at radius 3 is 1.91 bits per heavy atom. The molecule has 7 unspecified atom stereocenters. The molecular formula is C26H46N2O6S. The van der Waals surface area contributed by atoms with E-state index < -0.39 is 10.0 Å². The summed E-state index contributed by atoms with van der Waals surface area (Å²) in [6.07, 6.45) is 9.57. The fraction of sp³-hybridized carbons (Fsp3) is 0.962. The van der Waals surface area contributed by atoms with Crippen LogP contribution in [0, 0.1) is 17.8 Å². The molecular weight excluding hydrogens is 468 g/mol. The van der Waals surface area contributed by atoms with Crippen molar-refractivity contribution in [1.29, 1.82) is 0 Å². The summed E-state index contributed by atoms with van der Waals surface area (Å²) in [5.74, 6) is 1.04. The predicted molar refractivity (Wildman–Crippen MR) is 136 cm³/mol. The lowest BCUT2D eigenvalue weighted by molar-refractivity contribution is -0.0761. The Morgan fingerprint density at radius 2 is 1.31 bits per heavy atom. The molecule has 4 rings (SSSR count). The van der Waals surface area contributed by atoms with Crippen molar-refractivity contribution in [1.82, 2.24) is 4.41 Å². The summed E-state index contributed by atoms with van der Waals surface area (Å²) in [6, 6.07) is -0.133. The van der Waals surface area contributed by atoms with E-state index in [2.05, 4.69) is 6.92 Å². The molecule has 35 heavy (non-hydrogen) atoms. The summed E-state index contributed by atoms with van der Waals surface area (Å²) in [5, 5.41) is 4.61. The van der Waals surface area contributed by atoms with Gasteiger partial charge < -0.3 is 18.9 Å². The molecule has 0 N–H and O–H groups in total. The van der Waals surface area contributed by atoms with Crippen LogP contribution in [-0.2, 0) is 29.0 Å². The van der Waals surface area contributed by atoms with Gasteiger partial charge in [0.15, 0.2) is 0 Å². The molecule has 0 spiro atoms. The van der Waals surface area contributed by atoms with Gasteiger partial charge in [0, 0.05) is 46.5 Å². The minimum atomic E-state index is -3.52. The van der Waals surface area contributed by atoms with Crippen molar-refractivity contribution < 1.29 is 27.4 Å². The molecule has 3 aliphatic carbocycles. The quantitative estimate of drug-likeness (QED) is 0.487. The molecule has 1 aliphatic heterocycles. The lowest BCUT2D eigenvalue weighted by Gasteiger charge is -2.40. The lowest BCUT2D eigenvalue weighted by atomic mass is 9.76. The van der Waals surface area contributed by atoms with Gasteiger partial charge in [-0.25, -0.2) is 8.42 Å². The summed E-state index contributed by atoms with van der Waals surface area (Å²) in [5.41, 5.74) is 1.03. The van der Waals surface area contributed by atoms with Crippen LogP contribution >= 0.6 is 0 Å². The van der Waals surface area contributed by atoms with Gasteiger partial charge in [0.25, 0.3) is 10.0 Å². The molecule has 0 radical (unpaired) electrons. The van der Waals surface area contributed by atoms with E-state index in [1.165, 1.54) is 0 Å². The zero-order valence-electron chi connectivity index (χ0n) is 22.2. The number of hydrogen-bond donors (Lipinski definition) is 0. The first-order chi connectivity index (χ1) is 16.8. The SMILES string of the molecule is COC1CCC(C2=NN(S(=O)(=O)C3CCC(C)CC3)C(C3CCC(OC)C(OC)C3)C2)CC1OC. The average molecular weight is 515 g/mol. The van der Waals surface area contributed by atoms with Crippen LogP contribution in [0.2, 0.25) is 0 Å². The van der Waals surface area contributed by atoms with Crippen LogP contribution in [-0.4, -0.2) is 82.7 Å². The fourth-order valence-corrected chi connectivity index (χ4v) is 8.99. The molecule has 3 fully saturated rings. The number of sulfonamides is 1. The Morgan fingerprint density at radius 1 is 0.743 bits per heavy atom. The molecule has 0 saturated heterocycles. The molecule has 0 aromatic heterocycles. The van der Waals surface area contributed by atoms with Crippen molar-refractivity contribution in [2.75, 3.05) is 28.4 Å². The third-order valence-corrected chi connectivity index (χ3v) is 11.5. The van der Waals surface area contributed by atoms with Gasteiger partial charge in [0.2, 0.25) is 0 Å². The first-order valence-electron chi connectivity index (χ1n) is 13.5. The van der Waals surface area contributed by atoms with Gasteiger partial charge in [0.1, 0.15) is 0 Å². The van der Waals surface area contributed by atoms with Crippen molar-refractivity contribution >= 4 is 15.7 Å². The fourth-order valence-electron chi connectivity index (χ4n) is 6.98. The van der Waals surface area contributed by atoms with Gasteiger partial charge in [-0.3, -0.25) is 0 Å². The molecule has 0 aromatic rings. The van der Waals surface area contributed by atoms with E-state index in [1.807, 2.05) is 0 Å². The maximum absolute atomic E-state index is 14.0. The summed E-state index contributed by atoms with van der Waals surface area (Å²) in [7, 11) is 3.42. The molecule has 0 bridgehead atoms. The second-order valence-electron chi connectivity index (χ2n) is 11.2. The summed E-state index contributed by atoms with van der Waals surface area (Å²) in [4.78, 5) is 0. The van der Waals surface area contributed by atoms with E-state index >= 15 is 0 Å². The van der Waals surface area contributed by atoms with Gasteiger partial charge in [-0.05, 0) is 76.0 Å². The Balaban J connectivity index is 1.58. The van der Waals surface area contributed by atoms with E-state index in [0.29, 0.717) is 12.3 Å². The molecule has 4 aliphatic rings. The van der Waals surface area contributed by atoms with Crippen molar-refractivity contribution in [3.05, 3.63) is 0 Å². The lowest BCUT2D eigenvalue weighted by Crippen LogP contribution is -2.47. The molecule has 0 aromatic carbocycles. The largest absolute Gasteiger partial charge is 0.379 e. The highest BCUT2D eigenvalue weighted by atomic mass is 32.2. The van der Waals surface area contributed by atoms with Gasteiger partial charge in [-0.1, -0.05) is 6.92 Å². The number of nitrogens with zero attached hydrogens (tertiary/aromatic N) is 2. The van der Waals surface area contributed by atoms with Gasteiger partial charge >= 0.3 is 0 Å². The Hall–Kier alpha value is -0.740. The molecule has 202 valence electrons. The zero-order valence-corrected chi connectivity index (χ0v) is 23.0. The van der Waals surface area contributed by atoms with E-state index in [-0.39, 0.29) is 47.5 Å². The van der Waals surface area contributed by atoms with Crippen LogP contribution < -0.4 is 0 Å². The molecule has 8 nitrogen and oxygen atoms in total. The van der Waals surface area contributed by atoms with E-state index in [1.54, 1.807) is 32.9 Å². The number of hydrogen-bond acceptors (Lipinski definition) is 7. The van der Waals surface area contributed by atoms with E-state index in [4.69, 9.17) is 24.0 Å². The highest BCUT2D eigenvalue weighted by molar-refractivity contribution is 7.89. The van der Waals surface area contributed by atoms with E-state index in [0.717, 1.165) is 69.9 Å². The molecule has 9 heteroatoms. The summed E-state index contributed by atoms with van der Waals surface area (Å²) >= 11 is 0. The molecule has 1 heterocycles. The maximum atomic E-state index is 14.0. The zero-order chi connectivity index (χ0) is 25.2. The molecule has 3 saturated carbocycles. The normalized spacial score (nSPS) is 41.1. The topological polar surface area (TPSA) is 86.7 Å². The standard InChI is InChI=1S/C26H46N2O6S/c1-17-6-10-20(11-7-17)35(29,30)28-22(19-9-13-24(32-3)26(15-19)34-5)16-21(27-28)18-8-12-23(31-2)25(14-18)33-4/h17-20,22-26H,6-16H2,1-5H3. The Bertz CT molecular complexity index is 828. The number of hydrazone groups is 1. The van der Waals surface area contributed by atoms with E-state index in [9.17, 15) is 8.42 Å². The maximum Gasteiger partial charge on any atom is 0.252 e. The summed E-state index contributed by atoms with van der Waals surface area (Å²) < 4.78 is 52.3. The second-order valence-corrected chi connectivity index (χ2v) is 13.3. The van der Waals surface area contributed by atoms with Crippen LogP contribution in [0.15, 0.2) is 5.10 Å². The highest BCUT2D eigenvalue weighted by Crippen LogP contribution is 2.42. The predicted octanol–water partition coefficient (Wildman–Crippen LogP) is 3.99. The monoisotopic (exact) mass is 514 g/mol. The third kappa shape index (κ3) is 5.74. The number of rotatable bonds is 8. The van der Waals surface area contributed by atoms with Crippen LogP contribution in [0.3, 0.4) is 0 Å². The van der Waals surface area contributed by atoms with Crippen molar-refractivity contribution in [2.24, 2.45) is 22.9 Å². The van der Waals surface area contributed by atoms with Crippen LogP contribution in [0.5, 0.6) is 0 Å². The minimum absolute atomic E-state index is 0.0143. The van der Waals surface area contributed by atoms with Crippen molar-refractivity contribution in [2.45, 2.75) is 113 Å². The number of ether oxygens (including phenoxy) is 4. The van der Waals surface area contributed by atoms with Crippen LogP contribution in [0.1, 0.15) is 77.6 Å². The molecule has 7 atom stereocenters. The van der Waals surface area contributed by atoms with Gasteiger partial charge in [-0.15, -0.1) is 0 Å². The second kappa shape index (κ2) is 11.8. The first kappa shape index (κ1) is 27.3. The Kier molecular flexibility index (Phi) is 9.17. The van der Waals surface area contributed by atoms with Crippen LogP contribution in [0.25, 0.3) is 0 Å². The van der Waals surface area contributed by atoms with Crippen molar-refractivity contribution in [3.8, 4) is 0 Å². The van der Waals surface area contributed by atoms with Crippen molar-refractivity contribution in [3.63, 3.8) is 0 Å². The molecule has 0 amide bonds. The highest BCUT2D eigenvalue weighted by Gasteiger charge is 2.48. The number of methoxy groups -OCH3 is 4. The van der Waals surface area contributed by atoms with Gasteiger partial charge in [0.05, 0.1) is 35.7 Å². The van der Waals surface area contributed by atoms with Crippen LogP contribution in [0.4, 0.5) is 0 Å². The summed E-state index contributed by atoms with van der Waals surface area (Å²) in [6.45, 7) is 2.22. The first-order valence-corrected chi connectivity index (χ1v) is 15.0.